The number of nitrogens with two attached hydrogens (primary N) is 1. The third-order valence-electron chi connectivity index (χ3n) is 4.79. The van der Waals surface area contributed by atoms with Gasteiger partial charge in [0.05, 0.1) is 23.0 Å². The molecule has 1 fully saturated rings. The number of halogens is 2. The average molecular weight is 460 g/mol. The van der Waals surface area contributed by atoms with Gasteiger partial charge in [-0.05, 0) is 24.4 Å². The Morgan fingerprint density at radius 3 is 2.69 bits per heavy atom. The van der Waals surface area contributed by atoms with Crippen molar-refractivity contribution in [2.45, 2.75) is 19.5 Å². The predicted octanol–water partition coefficient (Wildman–Crippen LogP) is 3.21. The molecular formula is C18H23Cl2N5O3S. The third kappa shape index (κ3) is 4.99. The second-order valence-corrected chi connectivity index (χ2v) is 7.39. The van der Waals surface area contributed by atoms with E-state index in [1.165, 1.54) is 6.26 Å². The molecule has 1 unspecified atom stereocenters. The van der Waals surface area contributed by atoms with Crippen LogP contribution in [0.15, 0.2) is 38.8 Å². The van der Waals surface area contributed by atoms with Crippen LogP contribution in [0.3, 0.4) is 0 Å². The van der Waals surface area contributed by atoms with Crippen molar-refractivity contribution in [2.75, 3.05) is 26.2 Å². The lowest BCUT2D eigenvalue weighted by molar-refractivity contribution is 0.0551. The van der Waals surface area contributed by atoms with Crippen LogP contribution in [0.1, 0.15) is 35.0 Å². The second-order valence-electron chi connectivity index (χ2n) is 6.44. The molecule has 8 nitrogen and oxygen atoms in total. The maximum absolute atomic E-state index is 12.6. The van der Waals surface area contributed by atoms with E-state index in [4.69, 9.17) is 14.7 Å². The lowest BCUT2D eigenvalue weighted by Crippen LogP contribution is -2.49. The van der Waals surface area contributed by atoms with E-state index in [2.05, 4.69) is 15.0 Å². The largest absolute Gasteiger partial charge is 0.467 e. The minimum Gasteiger partial charge on any atom is -0.467 e. The normalized spacial score (nSPS) is 15.4. The standard InChI is InChI=1S/C18H21N5O3S.2ClH/c1-12(17-20-16(21-26-17)15-3-2-8-27-15)22-4-6-23(7-5-22)18(24)13-9-14(10-19)25-11-13;;/h2-3,8-9,11-12H,4-7,10,19H2,1H3;2*1H. The number of thiophene rings is 1. The summed E-state index contributed by atoms with van der Waals surface area (Å²) in [4.78, 5) is 22.2. The zero-order valence-electron chi connectivity index (χ0n) is 15.8. The first-order valence-corrected chi connectivity index (χ1v) is 9.72. The molecule has 29 heavy (non-hydrogen) atoms. The molecule has 4 rings (SSSR count). The summed E-state index contributed by atoms with van der Waals surface area (Å²) in [6, 6.07) is 5.65. The summed E-state index contributed by atoms with van der Waals surface area (Å²) < 4.78 is 10.7. The second kappa shape index (κ2) is 10.2. The van der Waals surface area contributed by atoms with Crippen LogP contribution in [0.4, 0.5) is 0 Å². The zero-order chi connectivity index (χ0) is 18.8. The molecule has 1 aliphatic rings. The Labute approximate surface area is 184 Å². The molecule has 0 spiro atoms. The molecule has 0 bridgehead atoms. The molecule has 0 radical (unpaired) electrons. The molecule has 1 atom stereocenters. The van der Waals surface area contributed by atoms with Crippen molar-refractivity contribution in [1.29, 1.82) is 0 Å². The van der Waals surface area contributed by atoms with Crippen molar-refractivity contribution in [3.8, 4) is 10.7 Å². The molecule has 4 heterocycles. The van der Waals surface area contributed by atoms with Gasteiger partial charge >= 0.3 is 0 Å². The van der Waals surface area contributed by atoms with Gasteiger partial charge in [0.1, 0.15) is 12.0 Å². The van der Waals surface area contributed by atoms with Gasteiger partial charge < -0.3 is 19.6 Å². The predicted molar refractivity (Wildman–Crippen MR) is 115 cm³/mol. The van der Waals surface area contributed by atoms with E-state index < -0.39 is 0 Å². The molecule has 0 aliphatic carbocycles. The van der Waals surface area contributed by atoms with Gasteiger partial charge in [0.15, 0.2) is 0 Å². The third-order valence-corrected chi connectivity index (χ3v) is 5.66. The van der Waals surface area contributed by atoms with E-state index in [9.17, 15) is 4.79 Å². The Hall–Kier alpha value is -1.91. The number of nitrogens with zero attached hydrogens (tertiary/aromatic N) is 4. The van der Waals surface area contributed by atoms with Gasteiger partial charge in [-0.25, -0.2) is 0 Å². The zero-order valence-corrected chi connectivity index (χ0v) is 18.3. The highest BCUT2D eigenvalue weighted by Crippen LogP contribution is 2.26. The van der Waals surface area contributed by atoms with Gasteiger partial charge in [0.25, 0.3) is 5.91 Å². The maximum Gasteiger partial charge on any atom is 0.257 e. The monoisotopic (exact) mass is 459 g/mol. The van der Waals surface area contributed by atoms with Crippen LogP contribution < -0.4 is 5.73 Å². The molecule has 2 N–H and O–H groups in total. The maximum atomic E-state index is 12.6. The topological polar surface area (TPSA) is 102 Å². The molecule has 3 aromatic rings. The fourth-order valence-electron chi connectivity index (χ4n) is 3.16. The van der Waals surface area contributed by atoms with Crippen LogP contribution in [0.2, 0.25) is 0 Å². The van der Waals surface area contributed by atoms with Crippen LogP contribution in [0, 0.1) is 0 Å². The lowest BCUT2D eigenvalue weighted by Gasteiger charge is -2.36. The summed E-state index contributed by atoms with van der Waals surface area (Å²) in [6.45, 7) is 5.09. The molecule has 0 aromatic carbocycles. The van der Waals surface area contributed by atoms with Crippen LogP contribution in [0.25, 0.3) is 10.7 Å². The molecule has 1 aliphatic heterocycles. The summed E-state index contributed by atoms with van der Waals surface area (Å²) in [7, 11) is 0. The fraction of sp³-hybridized carbons (Fsp3) is 0.389. The highest BCUT2D eigenvalue weighted by Gasteiger charge is 2.28. The lowest BCUT2D eigenvalue weighted by atomic mass is 10.2. The van der Waals surface area contributed by atoms with Gasteiger partial charge in [0.2, 0.25) is 11.7 Å². The number of amides is 1. The highest BCUT2D eigenvalue weighted by atomic mass is 35.5. The van der Waals surface area contributed by atoms with Gasteiger partial charge in [-0.2, -0.15) is 4.98 Å². The summed E-state index contributed by atoms with van der Waals surface area (Å²) in [6.07, 6.45) is 1.48. The first-order valence-electron chi connectivity index (χ1n) is 8.84. The van der Waals surface area contributed by atoms with E-state index in [-0.39, 0.29) is 43.3 Å². The van der Waals surface area contributed by atoms with E-state index in [0.29, 0.717) is 36.1 Å². The number of piperazine rings is 1. The number of hydrogen-bond acceptors (Lipinski definition) is 8. The molecule has 11 heteroatoms. The highest BCUT2D eigenvalue weighted by molar-refractivity contribution is 7.13. The molecule has 1 amide bonds. The van der Waals surface area contributed by atoms with Crippen molar-refractivity contribution in [1.82, 2.24) is 19.9 Å². The number of aromatic nitrogens is 2. The van der Waals surface area contributed by atoms with Crippen LogP contribution >= 0.6 is 36.2 Å². The Morgan fingerprint density at radius 1 is 1.31 bits per heavy atom. The number of rotatable bonds is 5. The minimum absolute atomic E-state index is 0. The molecular weight excluding hydrogens is 437 g/mol. The first-order chi connectivity index (χ1) is 13.2. The summed E-state index contributed by atoms with van der Waals surface area (Å²) in [5.74, 6) is 1.81. The average Bonchev–Trinajstić information content (AvgIpc) is 3.47. The Balaban J connectivity index is 0.00000150. The van der Waals surface area contributed by atoms with Gasteiger partial charge in [-0.1, -0.05) is 11.2 Å². The van der Waals surface area contributed by atoms with Crippen molar-refractivity contribution >= 4 is 42.1 Å². The Bertz CT molecular complexity index is 906. The van der Waals surface area contributed by atoms with Crippen molar-refractivity contribution in [3.05, 3.63) is 47.1 Å². The SMILES string of the molecule is CC(c1nc(-c2cccs2)no1)N1CCN(C(=O)c2coc(CN)c2)CC1.Cl.Cl. The van der Waals surface area contributed by atoms with Crippen LogP contribution in [-0.2, 0) is 6.54 Å². The quantitative estimate of drug-likeness (QED) is 0.624. The van der Waals surface area contributed by atoms with Crippen LogP contribution in [0.5, 0.6) is 0 Å². The number of hydrogen-bond donors (Lipinski definition) is 1. The summed E-state index contributed by atoms with van der Waals surface area (Å²) >= 11 is 1.58. The molecule has 3 aromatic heterocycles. The summed E-state index contributed by atoms with van der Waals surface area (Å²) in [5, 5.41) is 6.07. The van der Waals surface area contributed by atoms with Gasteiger partial charge in [0, 0.05) is 26.2 Å². The van der Waals surface area contributed by atoms with E-state index in [1.807, 2.05) is 29.3 Å². The molecule has 0 saturated carbocycles. The summed E-state index contributed by atoms with van der Waals surface area (Å²) in [5.41, 5.74) is 6.09. The number of furan rings is 1. The molecule has 1 saturated heterocycles. The van der Waals surface area contributed by atoms with Gasteiger partial charge in [-0.15, -0.1) is 36.2 Å². The van der Waals surface area contributed by atoms with Crippen molar-refractivity contribution in [2.24, 2.45) is 5.73 Å². The minimum atomic E-state index is -0.0245. The van der Waals surface area contributed by atoms with E-state index in [0.717, 1.165) is 18.0 Å². The van der Waals surface area contributed by atoms with Crippen LogP contribution in [-0.4, -0.2) is 52.0 Å². The van der Waals surface area contributed by atoms with Crippen molar-refractivity contribution < 1.29 is 13.7 Å². The van der Waals surface area contributed by atoms with Crippen molar-refractivity contribution in [3.63, 3.8) is 0 Å². The van der Waals surface area contributed by atoms with Gasteiger partial charge in [-0.3, -0.25) is 9.69 Å². The molecule has 158 valence electrons. The number of carbonyl (C=O) groups is 1. The Morgan fingerprint density at radius 2 is 2.07 bits per heavy atom. The Kier molecular flexibility index (Phi) is 8.23. The smallest absolute Gasteiger partial charge is 0.257 e. The fourth-order valence-corrected chi connectivity index (χ4v) is 3.81. The number of carbonyl (C=O) groups excluding carboxylic acids is 1. The first kappa shape index (κ1) is 23.4. The van der Waals surface area contributed by atoms with E-state index >= 15 is 0 Å². The van der Waals surface area contributed by atoms with E-state index in [1.54, 1.807) is 17.4 Å².